The highest BCUT2D eigenvalue weighted by Gasteiger charge is 2.55. The molecule has 0 radical (unpaired) electrons. The molecule has 2 fully saturated rings. The number of aromatic nitrogens is 1. The Labute approximate surface area is 181 Å². The predicted molar refractivity (Wildman–Crippen MR) is 110 cm³/mol. The van der Waals surface area contributed by atoms with Crippen molar-refractivity contribution < 1.29 is 27.9 Å². The number of nitrogens with one attached hydrogen (secondary N) is 1. The van der Waals surface area contributed by atoms with Crippen molar-refractivity contribution in [1.82, 2.24) is 15.2 Å². The molecule has 1 aliphatic carbocycles. The smallest absolute Gasteiger partial charge is 0.325 e. The van der Waals surface area contributed by atoms with Gasteiger partial charge in [-0.1, -0.05) is 0 Å². The Morgan fingerprint density at radius 1 is 1.29 bits per heavy atom. The molecule has 0 aromatic carbocycles. The van der Waals surface area contributed by atoms with Gasteiger partial charge in [0, 0.05) is 30.1 Å². The van der Waals surface area contributed by atoms with Crippen LogP contribution in [0, 0.1) is 6.92 Å². The van der Waals surface area contributed by atoms with E-state index in [4.69, 9.17) is 4.74 Å². The number of halogens is 2. The number of nitrogens with zero attached hydrogens (tertiary/aromatic N) is 2. The minimum atomic E-state index is -2.84. The normalized spacial score (nSPS) is 19.5. The van der Waals surface area contributed by atoms with Gasteiger partial charge in [-0.15, -0.1) is 11.3 Å². The number of methoxy groups -OCH3 is 1. The number of ketones is 1. The highest BCUT2D eigenvalue weighted by Crippen LogP contribution is 2.42. The lowest BCUT2D eigenvalue weighted by molar-refractivity contribution is -0.135. The summed E-state index contributed by atoms with van der Waals surface area (Å²) in [6, 6.07) is 2.70. The van der Waals surface area contributed by atoms with Crippen molar-refractivity contribution in [1.29, 1.82) is 0 Å². The van der Waals surface area contributed by atoms with E-state index in [9.17, 15) is 23.2 Å². The van der Waals surface area contributed by atoms with Crippen molar-refractivity contribution >= 4 is 29.1 Å². The molecule has 2 aromatic heterocycles. The van der Waals surface area contributed by atoms with Gasteiger partial charge in [0.1, 0.15) is 11.3 Å². The standard InChI is InChI=1S/C21H21F2N3O4S/c1-12-9-16(31-17(12)13-10-24-8-3-15(13)30-2)14(27)11-26-18(28)20(25-19(26)29)4-6-21(22,23)7-5-20/h3,8-10H,4-7,11H2,1-2H3,(H,25,29). The summed E-state index contributed by atoms with van der Waals surface area (Å²) in [5, 5.41) is 2.55. The second-order valence-electron chi connectivity index (χ2n) is 7.88. The van der Waals surface area contributed by atoms with Crippen LogP contribution in [0.4, 0.5) is 13.6 Å². The fourth-order valence-electron chi connectivity index (χ4n) is 4.04. The van der Waals surface area contributed by atoms with Crippen LogP contribution < -0.4 is 10.1 Å². The number of carbonyl (C=O) groups excluding carboxylic acids is 3. The van der Waals surface area contributed by atoms with Crippen molar-refractivity contribution in [3.8, 4) is 16.2 Å². The monoisotopic (exact) mass is 449 g/mol. The average molecular weight is 449 g/mol. The first kappa shape index (κ1) is 21.4. The molecule has 10 heteroatoms. The third-order valence-corrected chi connectivity index (χ3v) is 7.13. The molecule has 0 unspecified atom stereocenters. The maximum Gasteiger partial charge on any atom is 0.325 e. The van der Waals surface area contributed by atoms with Crippen LogP contribution in [0.15, 0.2) is 24.5 Å². The summed E-state index contributed by atoms with van der Waals surface area (Å²) in [4.78, 5) is 44.3. The quantitative estimate of drug-likeness (QED) is 0.554. The number of rotatable bonds is 5. The molecule has 1 saturated heterocycles. The van der Waals surface area contributed by atoms with E-state index in [-0.39, 0.29) is 12.8 Å². The molecule has 2 aromatic rings. The molecule has 0 bridgehead atoms. The van der Waals surface area contributed by atoms with Crippen LogP contribution in [0.5, 0.6) is 5.75 Å². The SMILES string of the molecule is COc1ccncc1-c1sc(C(=O)CN2C(=O)NC3(CCC(F)(F)CC3)C2=O)cc1C. The van der Waals surface area contributed by atoms with Gasteiger partial charge in [0.25, 0.3) is 5.91 Å². The molecule has 3 amide bonds. The van der Waals surface area contributed by atoms with Crippen molar-refractivity contribution in [2.75, 3.05) is 13.7 Å². The zero-order valence-corrected chi connectivity index (χ0v) is 17.9. The third-order valence-electron chi connectivity index (χ3n) is 5.82. The van der Waals surface area contributed by atoms with Gasteiger partial charge in [-0.05, 0) is 37.5 Å². The van der Waals surface area contributed by atoms with Crippen LogP contribution in [0.2, 0.25) is 0 Å². The summed E-state index contributed by atoms with van der Waals surface area (Å²) in [6.07, 6.45) is 2.02. The van der Waals surface area contributed by atoms with Gasteiger partial charge in [-0.3, -0.25) is 19.5 Å². The van der Waals surface area contributed by atoms with E-state index >= 15 is 0 Å². The fourth-order valence-corrected chi connectivity index (χ4v) is 5.16. The summed E-state index contributed by atoms with van der Waals surface area (Å²) in [5.41, 5.74) is 0.241. The second-order valence-corrected chi connectivity index (χ2v) is 8.93. The van der Waals surface area contributed by atoms with Gasteiger partial charge in [0.15, 0.2) is 5.78 Å². The molecule has 4 rings (SSSR count). The Kier molecular flexibility index (Phi) is 5.28. The first-order chi connectivity index (χ1) is 14.7. The number of alkyl halides is 2. The van der Waals surface area contributed by atoms with Crippen LogP contribution in [0.3, 0.4) is 0 Å². The van der Waals surface area contributed by atoms with Crippen LogP contribution >= 0.6 is 11.3 Å². The Balaban J connectivity index is 1.53. The van der Waals surface area contributed by atoms with Gasteiger partial charge in [0.2, 0.25) is 5.92 Å². The van der Waals surface area contributed by atoms with E-state index < -0.39 is 48.6 Å². The van der Waals surface area contributed by atoms with Gasteiger partial charge in [-0.25, -0.2) is 13.6 Å². The third kappa shape index (κ3) is 3.80. The summed E-state index contributed by atoms with van der Waals surface area (Å²) < 4.78 is 32.4. The lowest BCUT2D eigenvalue weighted by atomic mass is 9.80. The number of ether oxygens (including phenoxy) is 1. The van der Waals surface area contributed by atoms with E-state index in [1.54, 1.807) is 31.6 Å². The Bertz CT molecular complexity index is 1060. The predicted octanol–water partition coefficient (Wildman–Crippen LogP) is 3.81. The Hall–Kier alpha value is -2.88. The zero-order valence-electron chi connectivity index (χ0n) is 17.0. The number of pyridine rings is 1. The van der Waals surface area contributed by atoms with E-state index in [0.717, 1.165) is 20.9 Å². The number of urea groups is 1. The number of hydrogen-bond donors (Lipinski definition) is 1. The molecule has 1 saturated carbocycles. The molecule has 1 aliphatic heterocycles. The topological polar surface area (TPSA) is 88.6 Å². The number of amides is 3. The van der Waals surface area contributed by atoms with Crippen LogP contribution in [-0.2, 0) is 4.79 Å². The lowest BCUT2D eigenvalue weighted by Crippen LogP contribution is -2.51. The number of aryl methyl sites for hydroxylation is 1. The van der Waals surface area contributed by atoms with Gasteiger partial charge < -0.3 is 10.1 Å². The van der Waals surface area contributed by atoms with Crippen molar-refractivity contribution in [3.05, 3.63) is 35.0 Å². The number of thiophene rings is 1. The van der Waals surface area contributed by atoms with Gasteiger partial charge in [0.05, 0.1) is 24.1 Å². The number of hydrogen-bond acceptors (Lipinski definition) is 6. The largest absolute Gasteiger partial charge is 0.496 e. The van der Waals surface area contributed by atoms with Crippen molar-refractivity contribution in [2.24, 2.45) is 0 Å². The van der Waals surface area contributed by atoms with E-state index in [1.807, 2.05) is 6.92 Å². The Morgan fingerprint density at radius 3 is 2.68 bits per heavy atom. The first-order valence-corrected chi connectivity index (χ1v) is 10.6. The van der Waals surface area contributed by atoms with Gasteiger partial charge in [-0.2, -0.15) is 0 Å². The molecular weight excluding hydrogens is 428 g/mol. The number of Topliss-reactive ketones (excluding diaryl/α,β-unsaturated/α-hetero) is 1. The molecule has 164 valence electrons. The van der Waals surface area contributed by atoms with Crippen LogP contribution in [0.25, 0.3) is 10.4 Å². The molecule has 1 spiro atoms. The number of carbonyl (C=O) groups is 3. The van der Waals surface area contributed by atoms with E-state index in [0.29, 0.717) is 10.6 Å². The molecule has 31 heavy (non-hydrogen) atoms. The zero-order chi connectivity index (χ0) is 22.4. The first-order valence-electron chi connectivity index (χ1n) is 9.80. The minimum absolute atomic E-state index is 0.141. The second kappa shape index (κ2) is 7.67. The average Bonchev–Trinajstić information content (AvgIpc) is 3.23. The van der Waals surface area contributed by atoms with E-state index in [1.165, 1.54) is 11.3 Å². The summed E-state index contributed by atoms with van der Waals surface area (Å²) in [6.45, 7) is 1.41. The highest BCUT2D eigenvalue weighted by atomic mass is 32.1. The van der Waals surface area contributed by atoms with Crippen LogP contribution in [-0.4, -0.2) is 52.7 Å². The molecule has 0 atom stereocenters. The number of imide groups is 1. The fraction of sp³-hybridized carbons (Fsp3) is 0.429. The maximum atomic E-state index is 13.5. The Morgan fingerprint density at radius 2 is 2.00 bits per heavy atom. The molecule has 3 heterocycles. The highest BCUT2D eigenvalue weighted by molar-refractivity contribution is 7.17. The van der Waals surface area contributed by atoms with Crippen molar-refractivity contribution in [2.45, 2.75) is 44.1 Å². The molecule has 2 aliphatic rings. The minimum Gasteiger partial charge on any atom is -0.496 e. The van der Waals surface area contributed by atoms with Crippen LogP contribution in [0.1, 0.15) is 40.9 Å². The van der Waals surface area contributed by atoms with E-state index in [2.05, 4.69) is 10.3 Å². The molecule has 1 N–H and O–H groups in total. The summed E-state index contributed by atoms with van der Waals surface area (Å²) in [7, 11) is 1.54. The summed E-state index contributed by atoms with van der Waals surface area (Å²) in [5.74, 6) is -3.23. The molecule has 7 nitrogen and oxygen atoms in total. The summed E-state index contributed by atoms with van der Waals surface area (Å²) >= 11 is 1.22. The maximum absolute atomic E-state index is 13.5. The van der Waals surface area contributed by atoms with Gasteiger partial charge >= 0.3 is 6.03 Å². The lowest BCUT2D eigenvalue weighted by Gasteiger charge is -2.34. The molecular formula is C21H21F2N3O4S. The van der Waals surface area contributed by atoms with Crippen molar-refractivity contribution in [3.63, 3.8) is 0 Å².